The van der Waals surface area contributed by atoms with Gasteiger partial charge in [0.2, 0.25) is 0 Å². The Hall–Kier alpha value is -2.83. The number of carbonyl (C=O) groups is 2. The van der Waals surface area contributed by atoms with Gasteiger partial charge in [0, 0.05) is 11.4 Å². The van der Waals surface area contributed by atoms with Crippen LogP contribution >= 0.6 is 0 Å². The van der Waals surface area contributed by atoms with Gasteiger partial charge in [-0.05, 0) is 50.5 Å². The molecule has 0 spiro atoms. The van der Waals surface area contributed by atoms with Crippen molar-refractivity contribution >= 4 is 17.6 Å². The van der Waals surface area contributed by atoms with Crippen LogP contribution in [0.2, 0.25) is 0 Å². The summed E-state index contributed by atoms with van der Waals surface area (Å²) in [5, 5.41) is 15.9. The summed E-state index contributed by atoms with van der Waals surface area (Å²) in [5.74, 6) is -0.812. The number of carboxylic acids is 1. The molecule has 2 aromatic rings. The molecule has 7 heteroatoms. The van der Waals surface area contributed by atoms with Gasteiger partial charge in [0.05, 0.1) is 17.8 Å². The van der Waals surface area contributed by atoms with E-state index in [1.165, 1.54) is 0 Å². The Morgan fingerprint density at radius 3 is 2.54 bits per heavy atom. The fraction of sp³-hybridized carbons (Fsp3) is 0.421. The van der Waals surface area contributed by atoms with Gasteiger partial charge in [-0.15, -0.1) is 0 Å². The summed E-state index contributed by atoms with van der Waals surface area (Å²) < 4.78 is 7.05. The molecule has 0 saturated carbocycles. The molecule has 2 rings (SSSR count). The number of carboxylic acid groups (broad SMARTS) is 1. The summed E-state index contributed by atoms with van der Waals surface area (Å²) in [7, 11) is 0. The highest BCUT2D eigenvalue weighted by Gasteiger charge is 2.18. The molecule has 1 amide bonds. The van der Waals surface area contributed by atoms with E-state index in [4.69, 9.17) is 9.84 Å². The van der Waals surface area contributed by atoms with Crippen molar-refractivity contribution in [3.8, 4) is 5.75 Å². The van der Waals surface area contributed by atoms with Crippen molar-refractivity contribution < 1.29 is 19.4 Å². The second kappa shape index (κ2) is 8.51. The number of nitrogens with one attached hydrogen (secondary N) is 1. The molecule has 0 unspecified atom stereocenters. The highest BCUT2D eigenvalue weighted by atomic mass is 16.5. The Bertz CT molecular complexity index is 794. The van der Waals surface area contributed by atoms with E-state index in [1.54, 1.807) is 24.4 Å². The number of aryl methyl sites for hydroxylation is 1. The molecule has 0 fully saturated rings. The highest BCUT2D eigenvalue weighted by molar-refractivity contribution is 6.05. The molecule has 1 aromatic carbocycles. The predicted octanol–water partition coefficient (Wildman–Crippen LogP) is 3.58. The van der Waals surface area contributed by atoms with E-state index in [2.05, 4.69) is 24.3 Å². The van der Waals surface area contributed by atoms with Crippen LogP contribution in [0.25, 0.3) is 0 Å². The Balaban J connectivity index is 2.14. The smallest absolute Gasteiger partial charge is 0.341 e. The molecule has 0 aliphatic rings. The maximum absolute atomic E-state index is 12.6. The standard InChI is InChI=1S/C19H25N3O4/c1-5-14(6-2)22-13(4)16(10-20-22)19(25)21-17-8-7-15(9-12(17)3)26-11-18(23)24/h7-10,14H,5-6,11H2,1-4H3,(H,21,25)(H,23,24). The number of hydrogen-bond acceptors (Lipinski definition) is 4. The number of ether oxygens (including phenoxy) is 1. The molecule has 0 atom stereocenters. The van der Waals surface area contributed by atoms with Crippen molar-refractivity contribution in [1.29, 1.82) is 0 Å². The number of amides is 1. The van der Waals surface area contributed by atoms with Crippen LogP contribution in [0.5, 0.6) is 5.75 Å². The number of rotatable bonds is 8. The molecule has 2 N–H and O–H groups in total. The largest absolute Gasteiger partial charge is 0.482 e. The number of carbonyl (C=O) groups excluding carboxylic acids is 1. The highest BCUT2D eigenvalue weighted by Crippen LogP contribution is 2.24. The van der Waals surface area contributed by atoms with Crippen molar-refractivity contribution in [3.05, 3.63) is 41.2 Å². The lowest BCUT2D eigenvalue weighted by Gasteiger charge is -2.15. The molecule has 0 aliphatic carbocycles. The molecule has 140 valence electrons. The Kier molecular flexibility index (Phi) is 6.38. The fourth-order valence-electron chi connectivity index (χ4n) is 2.85. The summed E-state index contributed by atoms with van der Waals surface area (Å²) in [4.78, 5) is 23.2. The Morgan fingerprint density at radius 1 is 1.27 bits per heavy atom. The maximum Gasteiger partial charge on any atom is 0.341 e. The van der Waals surface area contributed by atoms with Gasteiger partial charge in [0.15, 0.2) is 6.61 Å². The summed E-state index contributed by atoms with van der Waals surface area (Å²) in [6.45, 7) is 7.53. The van der Waals surface area contributed by atoms with Gasteiger partial charge in [-0.1, -0.05) is 13.8 Å². The van der Waals surface area contributed by atoms with Crippen molar-refractivity contribution in [2.75, 3.05) is 11.9 Å². The Labute approximate surface area is 153 Å². The third kappa shape index (κ3) is 4.41. The lowest BCUT2D eigenvalue weighted by Crippen LogP contribution is -2.16. The van der Waals surface area contributed by atoms with Crippen LogP contribution in [-0.4, -0.2) is 33.4 Å². The van der Waals surface area contributed by atoms with E-state index >= 15 is 0 Å². The van der Waals surface area contributed by atoms with Crippen LogP contribution in [0.1, 0.15) is 54.3 Å². The second-order valence-corrected chi connectivity index (χ2v) is 6.17. The maximum atomic E-state index is 12.6. The summed E-state index contributed by atoms with van der Waals surface area (Å²) >= 11 is 0. The zero-order chi connectivity index (χ0) is 19.3. The third-order valence-electron chi connectivity index (χ3n) is 4.39. The van der Waals surface area contributed by atoms with Crippen LogP contribution in [0, 0.1) is 13.8 Å². The van der Waals surface area contributed by atoms with Crippen LogP contribution in [0.4, 0.5) is 5.69 Å². The second-order valence-electron chi connectivity index (χ2n) is 6.17. The van der Waals surface area contributed by atoms with Gasteiger partial charge in [-0.2, -0.15) is 5.10 Å². The first kappa shape index (κ1) is 19.5. The first-order chi connectivity index (χ1) is 12.4. The van der Waals surface area contributed by atoms with Crippen LogP contribution in [-0.2, 0) is 4.79 Å². The molecule has 0 saturated heterocycles. The van der Waals surface area contributed by atoms with E-state index in [-0.39, 0.29) is 11.9 Å². The predicted molar refractivity (Wildman–Crippen MR) is 98.8 cm³/mol. The first-order valence-corrected chi connectivity index (χ1v) is 8.68. The first-order valence-electron chi connectivity index (χ1n) is 8.68. The fourth-order valence-corrected chi connectivity index (χ4v) is 2.85. The topological polar surface area (TPSA) is 93.5 Å². The van der Waals surface area contributed by atoms with Gasteiger partial charge in [-0.3, -0.25) is 9.48 Å². The van der Waals surface area contributed by atoms with Gasteiger partial charge in [0.25, 0.3) is 5.91 Å². The number of benzene rings is 1. The lowest BCUT2D eigenvalue weighted by molar-refractivity contribution is -0.139. The summed E-state index contributed by atoms with van der Waals surface area (Å²) in [6, 6.07) is 5.31. The number of aliphatic carboxylic acids is 1. The average Bonchev–Trinajstić information content (AvgIpc) is 2.98. The zero-order valence-corrected chi connectivity index (χ0v) is 15.6. The van der Waals surface area contributed by atoms with Gasteiger partial charge >= 0.3 is 5.97 Å². The molecule has 0 aliphatic heterocycles. The quantitative estimate of drug-likeness (QED) is 0.751. The molecule has 0 radical (unpaired) electrons. The number of anilines is 1. The van der Waals surface area contributed by atoms with Crippen molar-refractivity contribution in [2.24, 2.45) is 0 Å². The summed E-state index contributed by atoms with van der Waals surface area (Å²) in [5.41, 5.74) is 2.82. The summed E-state index contributed by atoms with van der Waals surface area (Å²) in [6.07, 6.45) is 3.51. The minimum absolute atomic E-state index is 0.220. The molecule has 26 heavy (non-hydrogen) atoms. The van der Waals surface area contributed by atoms with Crippen molar-refractivity contribution in [1.82, 2.24) is 9.78 Å². The lowest BCUT2D eigenvalue weighted by atomic mass is 10.1. The molecule has 1 heterocycles. The van der Waals surface area contributed by atoms with Crippen LogP contribution in [0.15, 0.2) is 24.4 Å². The van der Waals surface area contributed by atoms with E-state index in [0.29, 0.717) is 17.0 Å². The van der Waals surface area contributed by atoms with Gasteiger partial charge in [0.1, 0.15) is 5.75 Å². The van der Waals surface area contributed by atoms with Crippen LogP contribution < -0.4 is 10.1 Å². The van der Waals surface area contributed by atoms with Crippen LogP contribution in [0.3, 0.4) is 0 Å². The zero-order valence-electron chi connectivity index (χ0n) is 15.6. The van der Waals surface area contributed by atoms with E-state index in [0.717, 1.165) is 24.1 Å². The molecule has 7 nitrogen and oxygen atoms in total. The number of hydrogen-bond donors (Lipinski definition) is 2. The minimum Gasteiger partial charge on any atom is -0.482 e. The third-order valence-corrected chi connectivity index (χ3v) is 4.39. The number of aromatic nitrogens is 2. The molecule has 1 aromatic heterocycles. The monoisotopic (exact) mass is 359 g/mol. The number of nitrogens with zero attached hydrogens (tertiary/aromatic N) is 2. The minimum atomic E-state index is -1.04. The molecule has 0 bridgehead atoms. The normalized spacial score (nSPS) is 10.8. The van der Waals surface area contributed by atoms with E-state index in [9.17, 15) is 9.59 Å². The van der Waals surface area contributed by atoms with Gasteiger partial charge < -0.3 is 15.2 Å². The van der Waals surface area contributed by atoms with Crippen molar-refractivity contribution in [3.63, 3.8) is 0 Å². The molecular formula is C19H25N3O4. The SMILES string of the molecule is CCC(CC)n1ncc(C(=O)Nc2ccc(OCC(=O)O)cc2C)c1C. The average molecular weight is 359 g/mol. The van der Waals surface area contributed by atoms with Gasteiger partial charge in [-0.25, -0.2) is 4.79 Å². The van der Waals surface area contributed by atoms with E-state index < -0.39 is 12.6 Å². The van der Waals surface area contributed by atoms with Crippen molar-refractivity contribution in [2.45, 2.75) is 46.6 Å². The van der Waals surface area contributed by atoms with E-state index in [1.807, 2.05) is 18.5 Å². The molecular weight excluding hydrogens is 334 g/mol. The Morgan fingerprint density at radius 2 is 1.96 bits per heavy atom.